The van der Waals surface area contributed by atoms with Gasteiger partial charge in [-0.25, -0.2) is 0 Å². The Labute approximate surface area is 117 Å². The molecule has 2 atom stereocenters. The largest absolute Gasteiger partial charge is 0.481 e. The molecule has 0 spiro atoms. The first kappa shape index (κ1) is 14.5. The fourth-order valence-electron chi connectivity index (χ4n) is 2.08. The third-order valence-corrected chi connectivity index (χ3v) is 3.20. The molecule has 6 heteroatoms. The van der Waals surface area contributed by atoms with E-state index < -0.39 is 18.0 Å². The predicted molar refractivity (Wildman–Crippen MR) is 72.4 cm³/mol. The third kappa shape index (κ3) is 3.79. The van der Waals surface area contributed by atoms with Crippen molar-refractivity contribution < 1.29 is 19.4 Å². The van der Waals surface area contributed by atoms with E-state index in [9.17, 15) is 14.7 Å². The van der Waals surface area contributed by atoms with E-state index in [4.69, 9.17) is 4.74 Å². The van der Waals surface area contributed by atoms with E-state index in [0.717, 1.165) is 6.54 Å². The van der Waals surface area contributed by atoms with Crippen LogP contribution in [0.5, 0.6) is 0 Å². The molecular weight excluding hydrogens is 260 g/mol. The van der Waals surface area contributed by atoms with Crippen molar-refractivity contribution in [3.8, 4) is 0 Å². The van der Waals surface area contributed by atoms with Crippen LogP contribution in [0.15, 0.2) is 30.3 Å². The van der Waals surface area contributed by atoms with Gasteiger partial charge in [0.1, 0.15) is 6.10 Å². The number of aliphatic carboxylic acids is 1. The number of hydrogen-bond acceptors (Lipinski definition) is 4. The quantitative estimate of drug-likeness (QED) is 0.703. The minimum atomic E-state index is -0.959. The summed E-state index contributed by atoms with van der Waals surface area (Å²) < 4.78 is 5.32. The Hall–Kier alpha value is -1.92. The lowest BCUT2D eigenvalue weighted by atomic mass is 9.99. The second kappa shape index (κ2) is 7.02. The van der Waals surface area contributed by atoms with Crippen LogP contribution in [-0.2, 0) is 14.3 Å². The van der Waals surface area contributed by atoms with Crippen molar-refractivity contribution in [1.29, 1.82) is 0 Å². The molecule has 1 aliphatic rings. The van der Waals surface area contributed by atoms with E-state index in [1.165, 1.54) is 0 Å². The van der Waals surface area contributed by atoms with Crippen LogP contribution < -0.4 is 10.6 Å². The minimum absolute atomic E-state index is 0.0536. The summed E-state index contributed by atoms with van der Waals surface area (Å²) in [5, 5.41) is 15.0. The van der Waals surface area contributed by atoms with Gasteiger partial charge in [0.15, 0.2) is 0 Å². The standard InChI is InChI=1S/C14H18N2O4/c17-13(12-9-15-6-7-20-12)16-8-11(14(18)19)10-4-2-1-3-5-10/h1-5,11-12,15H,6-9H2,(H,16,17)(H,18,19). The van der Waals surface area contributed by atoms with Gasteiger partial charge in [-0.3, -0.25) is 9.59 Å². The molecule has 20 heavy (non-hydrogen) atoms. The zero-order valence-corrected chi connectivity index (χ0v) is 11.0. The molecule has 6 nitrogen and oxygen atoms in total. The molecule has 0 aromatic heterocycles. The molecule has 1 aliphatic heterocycles. The molecule has 3 N–H and O–H groups in total. The fraction of sp³-hybridized carbons (Fsp3) is 0.429. The molecule has 0 bridgehead atoms. The molecule has 1 fully saturated rings. The van der Waals surface area contributed by atoms with Crippen molar-refractivity contribution in [2.45, 2.75) is 12.0 Å². The lowest BCUT2D eigenvalue weighted by Gasteiger charge is -2.23. The highest BCUT2D eigenvalue weighted by molar-refractivity contribution is 5.83. The van der Waals surface area contributed by atoms with Crippen molar-refractivity contribution in [2.75, 3.05) is 26.2 Å². The summed E-state index contributed by atoms with van der Waals surface area (Å²) in [5.41, 5.74) is 0.669. The summed E-state index contributed by atoms with van der Waals surface area (Å²) in [6.45, 7) is 1.72. The number of morpholine rings is 1. The molecule has 0 radical (unpaired) electrons. The average molecular weight is 278 g/mol. The Morgan fingerprint density at radius 1 is 1.40 bits per heavy atom. The van der Waals surface area contributed by atoms with Crippen LogP contribution in [0.3, 0.4) is 0 Å². The molecule has 0 aliphatic carbocycles. The molecule has 1 aromatic rings. The molecular formula is C14H18N2O4. The first-order valence-electron chi connectivity index (χ1n) is 6.56. The monoisotopic (exact) mass is 278 g/mol. The van der Waals surface area contributed by atoms with Crippen LogP contribution in [0.4, 0.5) is 0 Å². The number of carbonyl (C=O) groups excluding carboxylic acids is 1. The molecule has 2 unspecified atom stereocenters. The van der Waals surface area contributed by atoms with Crippen molar-refractivity contribution in [1.82, 2.24) is 10.6 Å². The van der Waals surface area contributed by atoms with Gasteiger partial charge in [-0.05, 0) is 5.56 Å². The topological polar surface area (TPSA) is 87.7 Å². The van der Waals surface area contributed by atoms with E-state index in [-0.39, 0.29) is 12.5 Å². The van der Waals surface area contributed by atoms with Gasteiger partial charge in [-0.2, -0.15) is 0 Å². The second-order valence-corrected chi connectivity index (χ2v) is 4.61. The zero-order valence-electron chi connectivity index (χ0n) is 11.0. The van der Waals surface area contributed by atoms with E-state index >= 15 is 0 Å². The van der Waals surface area contributed by atoms with Gasteiger partial charge >= 0.3 is 5.97 Å². The van der Waals surface area contributed by atoms with Gasteiger partial charge in [0.05, 0.1) is 12.5 Å². The smallest absolute Gasteiger partial charge is 0.312 e. The summed E-state index contributed by atoms with van der Waals surface area (Å²) >= 11 is 0. The molecule has 2 rings (SSSR count). The number of rotatable bonds is 5. The number of nitrogens with one attached hydrogen (secondary N) is 2. The van der Waals surface area contributed by atoms with E-state index in [1.807, 2.05) is 6.07 Å². The van der Waals surface area contributed by atoms with Gasteiger partial charge in [-0.1, -0.05) is 30.3 Å². The second-order valence-electron chi connectivity index (χ2n) is 4.61. The number of benzene rings is 1. The first-order valence-corrected chi connectivity index (χ1v) is 6.56. The Morgan fingerprint density at radius 2 is 2.15 bits per heavy atom. The fourth-order valence-corrected chi connectivity index (χ4v) is 2.08. The lowest BCUT2D eigenvalue weighted by Crippen LogP contribution is -2.48. The summed E-state index contributed by atoms with van der Waals surface area (Å²) in [6, 6.07) is 8.86. The van der Waals surface area contributed by atoms with Crippen LogP contribution in [0.1, 0.15) is 11.5 Å². The summed E-state index contributed by atoms with van der Waals surface area (Å²) in [5.74, 6) is -1.99. The predicted octanol–water partition coefficient (Wildman–Crippen LogP) is -0.0406. The molecule has 1 aromatic carbocycles. The van der Waals surface area contributed by atoms with Gasteiger partial charge < -0.3 is 20.5 Å². The highest BCUT2D eigenvalue weighted by atomic mass is 16.5. The zero-order chi connectivity index (χ0) is 14.4. The van der Waals surface area contributed by atoms with Gasteiger partial charge in [0, 0.05) is 19.6 Å². The lowest BCUT2D eigenvalue weighted by molar-refractivity contribution is -0.139. The number of ether oxygens (including phenoxy) is 1. The SMILES string of the molecule is O=C(NCC(C(=O)O)c1ccccc1)C1CNCCO1. The molecule has 0 saturated carbocycles. The summed E-state index contributed by atoms with van der Waals surface area (Å²) in [6.07, 6.45) is -0.547. The number of amides is 1. The van der Waals surface area contributed by atoms with Gasteiger partial charge in [0.2, 0.25) is 0 Å². The number of carboxylic acid groups (broad SMARTS) is 1. The van der Waals surface area contributed by atoms with Crippen molar-refractivity contribution in [2.24, 2.45) is 0 Å². The Bertz CT molecular complexity index is 458. The van der Waals surface area contributed by atoms with Crippen LogP contribution in [0, 0.1) is 0 Å². The van der Waals surface area contributed by atoms with E-state index in [1.54, 1.807) is 24.3 Å². The Balaban J connectivity index is 1.92. The number of carbonyl (C=O) groups is 2. The van der Waals surface area contributed by atoms with Crippen LogP contribution >= 0.6 is 0 Å². The van der Waals surface area contributed by atoms with Crippen molar-refractivity contribution >= 4 is 11.9 Å². The van der Waals surface area contributed by atoms with E-state index in [2.05, 4.69) is 10.6 Å². The maximum Gasteiger partial charge on any atom is 0.312 e. The van der Waals surface area contributed by atoms with E-state index in [0.29, 0.717) is 18.7 Å². The highest BCUT2D eigenvalue weighted by Crippen LogP contribution is 2.14. The van der Waals surface area contributed by atoms with Crippen LogP contribution in [0.25, 0.3) is 0 Å². The first-order chi connectivity index (χ1) is 9.68. The van der Waals surface area contributed by atoms with Gasteiger partial charge in [-0.15, -0.1) is 0 Å². The maximum atomic E-state index is 11.9. The van der Waals surface area contributed by atoms with Crippen LogP contribution in [0.2, 0.25) is 0 Å². The molecule has 1 saturated heterocycles. The average Bonchev–Trinajstić information content (AvgIpc) is 2.49. The Morgan fingerprint density at radius 3 is 2.75 bits per heavy atom. The number of carboxylic acids is 1. The molecule has 1 amide bonds. The third-order valence-electron chi connectivity index (χ3n) is 3.20. The van der Waals surface area contributed by atoms with Crippen molar-refractivity contribution in [3.63, 3.8) is 0 Å². The summed E-state index contributed by atoms with van der Waals surface area (Å²) in [4.78, 5) is 23.2. The maximum absolute atomic E-state index is 11.9. The van der Waals surface area contributed by atoms with Crippen molar-refractivity contribution in [3.05, 3.63) is 35.9 Å². The molecule has 1 heterocycles. The van der Waals surface area contributed by atoms with Gasteiger partial charge in [0.25, 0.3) is 5.91 Å². The molecule has 108 valence electrons. The Kier molecular flexibility index (Phi) is 5.09. The van der Waals surface area contributed by atoms with Crippen LogP contribution in [-0.4, -0.2) is 49.3 Å². The normalized spacial score (nSPS) is 20.1. The minimum Gasteiger partial charge on any atom is -0.481 e. The number of hydrogen-bond donors (Lipinski definition) is 3. The highest BCUT2D eigenvalue weighted by Gasteiger charge is 2.25. The summed E-state index contributed by atoms with van der Waals surface area (Å²) in [7, 11) is 0.